The Balaban J connectivity index is 1.20. The summed E-state index contributed by atoms with van der Waals surface area (Å²) in [5, 5.41) is 17.8. The number of aromatic nitrogens is 3. The van der Waals surface area contributed by atoms with Crippen LogP contribution in [0.3, 0.4) is 0 Å². The van der Waals surface area contributed by atoms with Crippen molar-refractivity contribution in [3.05, 3.63) is 71.2 Å². The Morgan fingerprint density at radius 2 is 1.83 bits per heavy atom. The molecule has 3 heterocycles. The highest BCUT2D eigenvalue weighted by Crippen LogP contribution is 2.27. The van der Waals surface area contributed by atoms with Crippen LogP contribution in [0.25, 0.3) is 21.0 Å². The number of hydrogen-bond acceptors (Lipinski definition) is 6. The molecular formula is C21H17N5OS2. The van der Waals surface area contributed by atoms with Crippen LogP contribution in [0.2, 0.25) is 0 Å². The lowest BCUT2D eigenvalue weighted by Gasteiger charge is -2.01. The minimum absolute atomic E-state index is 0.160. The van der Waals surface area contributed by atoms with Gasteiger partial charge in [-0.25, -0.2) is 0 Å². The van der Waals surface area contributed by atoms with Crippen LogP contribution in [-0.2, 0) is 6.42 Å². The van der Waals surface area contributed by atoms with E-state index in [-0.39, 0.29) is 5.91 Å². The maximum Gasteiger partial charge on any atom is 0.267 e. The zero-order chi connectivity index (χ0) is 19.6. The van der Waals surface area contributed by atoms with Gasteiger partial charge in [0.15, 0.2) is 0 Å². The molecule has 0 bridgehead atoms. The quantitative estimate of drug-likeness (QED) is 0.356. The van der Waals surface area contributed by atoms with Crippen LogP contribution in [-0.4, -0.2) is 27.6 Å². The smallest absolute Gasteiger partial charge is 0.267 e. The SMILES string of the molecule is O=C(Nc1nnc(NCCc2c[nH]c3ccccc23)s1)c1cc2ccccc2s1. The molecule has 0 aliphatic rings. The van der Waals surface area contributed by atoms with Crippen LogP contribution in [0, 0.1) is 0 Å². The van der Waals surface area contributed by atoms with E-state index in [9.17, 15) is 4.79 Å². The van der Waals surface area contributed by atoms with Crippen molar-refractivity contribution in [1.82, 2.24) is 15.2 Å². The van der Waals surface area contributed by atoms with E-state index in [0.717, 1.165) is 28.6 Å². The van der Waals surface area contributed by atoms with Crippen molar-refractivity contribution < 1.29 is 4.79 Å². The summed E-state index contributed by atoms with van der Waals surface area (Å²) in [6.45, 7) is 0.737. The first-order chi connectivity index (χ1) is 14.3. The monoisotopic (exact) mass is 419 g/mol. The number of nitrogens with zero attached hydrogens (tertiary/aromatic N) is 2. The lowest BCUT2D eigenvalue weighted by Crippen LogP contribution is -2.09. The van der Waals surface area contributed by atoms with Gasteiger partial charge in [0.2, 0.25) is 10.3 Å². The third-order valence-electron chi connectivity index (χ3n) is 4.64. The fourth-order valence-corrected chi connectivity index (χ4v) is 4.86. The zero-order valence-corrected chi connectivity index (χ0v) is 16.9. The molecule has 3 N–H and O–H groups in total. The van der Waals surface area contributed by atoms with Gasteiger partial charge in [-0.15, -0.1) is 21.5 Å². The van der Waals surface area contributed by atoms with E-state index >= 15 is 0 Å². The van der Waals surface area contributed by atoms with Gasteiger partial charge < -0.3 is 10.3 Å². The van der Waals surface area contributed by atoms with Gasteiger partial charge in [-0.3, -0.25) is 10.1 Å². The number of hydrogen-bond donors (Lipinski definition) is 3. The first-order valence-corrected chi connectivity index (χ1v) is 10.8. The molecule has 0 aliphatic heterocycles. The van der Waals surface area contributed by atoms with Crippen molar-refractivity contribution in [3.63, 3.8) is 0 Å². The summed E-state index contributed by atoms with van der Waals surface area (Å²) in [6.07, 6.45) is 2.91. The molecule has 144 valence electrons. The minimum Gasteiger partial charge on any atom is -0.361 e. The van der Waals surface area contributed by atoms with E-state index in [1.54, 1.807) is 0 Å². The molecule has 8 heteroatoms. The fraction of sp³-hybridized carbons (Fsp3) is 0.0952. The molecule has 0 saturated heterocycles. The van der Waals surface area contributed by atoms with Crippen LogP contribution in [0.15, 0.2) is 60.8 Å². The molecule has 0 saturated carbocycles. The van der Waals surface area contributed by atoms with Gasteiger partial charge in [-0.2, -0.15) is 0 Å². The van der Waals surface area contributed by atoms with Crippen molar-refractivity contribution in [2.45, 2.75) is 6.42 Å². The Morgan fingerprint density at radius 1 is 1.00 bits per heavy atom. The number of carbonyl (C=O) groups excluding carboxylic acids is 1. The highest BCUT2D eigenvalue weighted by atomic mass is 32.1. The predicted octanol–water partition coefficient (Wildman–Crippen LogP) is 5.14. The summed E-state index contributed by atoms with van der Waals surface area (Å²) in [6, 6.07) is 18.1. The van der Waals surface area contributed by atoms with E-state index < -0.39 is 0 Å². The standard InChI is InChI=1S/C21H17N5OS2/c27-19(18-11-13-5-1-4-8-17(13)28-18)24-21-26-25-20(29-21)22-10-9-14-12-23-16-7-3-2-6-15(14)16/h1-8,11-12,23H,9-10H2,(H,22,25)(H,24,26,27). The lowest BCUT2D eigenvalue weighted by molar-refractivity contribution is 0.103. The number of benzene rings is 2. The van der Waals surface area contributed by atoms with Crippen LogP contribution in [0.5, 0.6) is 0 Å². The molecule has 0 unspecified atom stereocenters. The summed E-state index contributed by atoms with van der Waals surface area (Å²) < 4.78 is 1.09. The summed E-state index contributed by atoms with van der Waals surface area (Å²) in [7, 11) is 0. The number of carbonyl (C=O) groups is 1. The summed E-state index contributed by atoms with van der Waals surface area (Å²) >= 11 is 2.81. The van der Waals surface area contributed by atoms with Crippen LogP contribution < -0.4 is 10.6 Å². The summed E-state index contributed by atoms with van der Waals surface area (Å²) in [5.74, 6) is -0.160. The second-order valence-corrected chi connectivity index (χ2v) is 8.61. The molecule has 3 aromatic heterocycles. The summed E-state index contributed by atoms with van der Waals surface area (Å²) in [5.41, 5.74) is 2.40. The number of thiophene rings is 1. The number of rotatable bonds is 6. The minimum atomic E-state index is -0.160. The Hall–Kier alpha value is -3.23. The third kappa shape index (κ3) is 3.72. The number of H-pyrrole nitrogens is 1. The van der Waals surface area contributed by atoms with E-state index in [2.05, 4.69) is 37.9 Å². The van der Waals surface area contributed by atoms with E-state index in [1.165, 1.54) is 33.6 Å². The van der Waals surface area contributed by atoms with Crippen molar-refractivity contribution in [1.29, 1.82) is 0 Å². The van der Waals surface area contributed by atoms with Crippen molar-refractivity contribution in [2.75, 3.05) is 17.2 Å². The van der Waals surface area contributed by atoms with E-state index in [4.69, 9.17) is 0 Å². The van der Waals surface area contributed by atoms with Crippen LogP contribution in [0.1, 0.15) is 15.2 Å². The number of nitrogens with one attached hydrogen (secondary N) is 3. The van der Waals surface area contributed by atoms with Crippen LogP contribution in [0.4, 0.5) is 10.3 Å². The number of para-hydroxylation sites is 1. The van der Waals surface area contributed by atoms with Crippen molar-refractivity contribution in [2.24, 2.45) is 0 Å². The van der Waals surface area contributed by atoms with Gasteiger partial charge in [0.1, 0.15) is 0 Å². The number of amides is 1. The molecule has 29 heavy (non-hydrogen) atoms. The van der Waals surface area contributed by atoms with Gasteiger partial charge in [0, 0.05) is 28.3 Å². The fourth-order valence-electron chi connectivity index (χ4n) is 3.24. The Kier molecular flexibility index (Phi) is 4.71. The van der Waals surface area contributed by atoms with Gasteiger partial charge in [-0.05, 0) is 35.6 Å². The Bertz CT molecular complexity index is 1270. The zero-order valence-electron chi connectivity index (χ0n) is 15.3. The normalized spacial score (nSPS) is 11.2. The van der Waals surface area contributed by atoms with E-state index in [0.29, 0.717) is 15.1 Å². The van der Waals surface area contributed by atoms with Gasteiger partial charge in [-0.1, -0.05) is 47.7 Å². The van der Waals surface area contributed by atoms with Gasteiger partial charge in [0.05, 0.1) is 4.88 Å². The molecule has 0 radical (unpaired) electrons. The third-order valence-corrected chi connectivity index (χ3v) is 6.55. The lowest BCUT2D eigenvalue weighted by atomic mass is 10.1. The first-order valence-electron chi connectivity index (χ1n) is 9.18. The first kappa shape index (κ1) is 17.8. The molecule has 0 spiro atoms. The molecule has 0 atom stereocenters. The van der Waals surface area contributed by atoms with E-state index in [1.807, 2.05) is 48.7 Å². The molecule has 6 nitrogen and oxygen atoms in total. The molecule has 0 aliphatic carbocycles. The van der Waals surface area contributed by atoms with Crippen molar-refractivity contribution in [3.8, 4) is 0 Å². The Labute approximate surface area is 174 Å². The number of aromatic amines is 1. The van der Waals surface area contributed by atoms with Gasteiger partial charge in [0.25, 0.3) is 5.91 Å². The second kappa shape index (κ2) is 7.65. The van der Waals surface area contributed by atoms with Crippen LogP contribution >= 0.6 is 22.7 Å². The second-order valence-electron chi connectivity index (χ2n) is 6.55. The predicted molar refractivity (Wildman–Crippen MR) is 120 cm³/mol. The molecule has 5 rings (SSSR count). The average molecular weight is 420 g/mol. The highest BCUT2D eigenvalue weighted by molar-refractivity contribution is 7.21. The topological polar surface area (TPSA) is 82.7 Å². The Morgan fingerprint density at radius 3 is 2.76 bits per heavy atom. The molecule has 0 fully saturated rings. The molecular weight excluding hydrogens is 402 g/mol. The van der Waals surface area contributed by atoms with Crippen molar-refractivity contribution >= 4 is 59.8 Å². The maximum atomic E-state index is 12.5. The largest absolute Gasteiger partial charge is 0.361 e. The molecule has 2 aromatic carbocycles. The molecule has 1 amide bonds. The average Bonchev–Trinajstić information content (AvgIpc) is 3.46. The number of fused-ring (bicyclic) bond motifs is 2. The van der Waals surface area contributed by atoms with Gasteiger partial charge >= 0.3 is 0 Å². The molecule has 5 aromatic rings. The summed E-state index contributed by atoms with van der Waals surface area (Å²) in [4.78, 5) is 16.5. The number of anilines is 2. The highest BCUT2D eigenvalue weighted by Gasteiger charge is 2.13. The maximum absolute atomic E-state index is 12.5.